The van der Waals surface area contributed by atoms with Crippen LogP contribution in [-0.4, -0.2) is 47.9 Å². The van der Waals surface area contributed by atoms with Crippen LogP contribution in [0.1, 0.15) is 20.2 Å². The highest BCUT2D eigenvalue weighted by Gasteiger charge is 2.16. The summed E-state index contributed by atoms with van der Waals surface area (Å²) < 4.78 is 6.84. The molecule has 1 fully saturated rings. The van der Waals surface area contributed by atoms with Gasteiger partial charge in [0.05, 0.1) is 18.1 Å². The van der Waals surface area contributed by atoms with Crippen LogP contribution < -0.4 is 15.5 Å². The first-order valence-corrected chi connectivity index (χ1v) is 10.1. The predicted octanol–water partition coefficient (Wildman–Crippen LogP) is 2.82. The second-order valence-electron chi connectivity index (χ2n) is 6.57. The molecule has 1 aliphatic heterocycles. The molecule has 0 bridgehead atoms. The van der Waals surface area contributed by atoms with E-state index < -0.39 is 0 Å². The monoisotopic (exact) mass is 411 g/mol. The summed E-state index contributed by atoms with van der Waals surface area (Å²) in [7, 11) is 1.68. The molecule has 0 radical (unpaired) electrons. The molecule has 1 aromatic carbocycles. The molecule has 3 aromatic rings. The third-order valence-corrected chi connectivity index (χ3v) is 5.47. The lowest BCUT2D eigenvalue weighted by Crippen LogP contribution is -2.36. The number of carbonyl (C=O) groups excluding carboxylic acids is 2. The van der Waals surface area contributed by atoms with Gasteiger partial charge in [0.1, 0.15) is 5.82 Å². The van der Waals surface area contributed by atoms with E-state index in [1.54, 1.807) is 19.2 Å². The van der Waals surface area contributed by atoms with Crippen LogP contribution in [0.4, 0.5) is 17.2 Å². The zero-order valence-electron chi connectivity index (χ0n) is 15.9. The highest BCUT2D eigenvalue weighted by atomic mass is 32.1. The second-order valence-corrected chi connectivity index (χ2v) is 7.52. The van der Waals surface area contributed by atoms with Gasteiger partial charge < -0.3 is 20.3 Å². The van der Waals surface area contributed by atoms with Gasteiger partial charge in [-0.25, -0.2) is 0 Å². The van der Waals surface area contributed by atoms with E-state index in [4.69, 9.17) is 4.74 Å². The number of carbonyl (C=O) groups is 2. The summed E-state index contributed by atoms with van der Waals surface area (Å²) in [5.74, 6) is -0.110. The number of hydrogen-bond donors (Lipinski definition) is 2. The molecule has 1 saturated heterocycles. The molecule has 0 atom stereocenters. The van der Waals surface area contributed by atoms with E-state index in [0.717, 1.165) is 32.0 Å². The van der Waals surface area contributed by atoms with Crippen molar-refractivity contribution < 1.29 is 14.3 Å². The Morgan fingerprint density at radius 1 is 1.07 bits per heavy atom. The number of thiophene rings is 1. The number of nitrogens with zero attached hydrogens (tertiary/aromatic N) is 3. The molecule has 8 nitrogen and oxygen atoms in total. The Balaban J connectivity index is 1.40. The predicted molar refractivity (Wildman–Crippen MR) is 113 cm³/mol. The number of benzene rings is 1. The van der Waals surface area contributed by atoms with Gasteiger partial charge in [0.25, 0.3) is 11.8 Å². The van der Waals surface area contributed by atoms with Crippen molar-refractivity contribution in [2.24, 2.45) is 7.05 Å². The van der Waals surface area contributed by atoms with Crippen molar-refractivity contribution in [3.05, 3.63) is 58.4 Å². The fourth-order valence-corrected chi connectivity index (χ4v) is 3.67. The molecule has 9 heteroatoms. The van der Waals surface area contributed by atoms with Gasteiger partial charge in [0.2, 0.25) is 0 Å². The number of nitrogens with one attached hydrogen (secondary N) is 2. The summed E-state index contributed by atoms with van der Waals surface area (Å²) in [4.78, 5) is 27.6. The van der Waals surface area contributed by atoms with Crippen LogP contribution in [-0.2, 0) is 11.8 Å². The quantitative estimate of drug-likeness (QED) is 0.674. The maximum Gasteiger partial charge on any atom is 0.276 e. The van der Waals surface area contributed by atoms with Crippen LogP contribution in [0.2, 0.25) is 0 Å². The molecule has 2 N–H and O–H groups in total. The van der Waals surface area contributed by atoms with Crippen molar-refractivity contribution in [3.63, 3.8) is 0 Å². The molecule has 0 spiro atoms. The molecule has 150 valence electrons. The van der Waals surface area contributed by atoms with E-state index in [0.29, 0.717) is 16.4 Å². The Bertz CT molecular complexity index is 992. The van der Waals surface area contributed by atoms with Gasteiger partial charge in [0, 0.05) is 37.6 Å². The lowest BCUT2D eigenvalue weighted by atomic mass is 10.2. The minimum Gasteiger partial charge on any atom is -0.378 e. The molecule has 2 amide bonds. The van der Waals surface area contributed by atoms with Gasteiger partial charge >= 0.3 is 0 Å². The number of ether oxygens (including phenoxy) is 1. The molecule has 3 heterocycles. The lowest BCUT2D eigenvalue weighted by molar-refractivity contribution is 0.101. The van der Waals surface area contributed by atoms with Gasteiger partial charge in [-0.05, 0) is 35.7 Å². The number of morpholine rings is 1. The van der Waals surface area contributed by atoms with Crippen LogP contribution in [0, 0.1) is 0 Å². The minimum atomic E-state index is -0.337. The number of aromatic nitrogens is 2. The molecule has 2 aromatic heterocycles. The summed E-state index contributed by atoms with van der Waals surface area (Å²) in [5, 5.41) is 11.7. The number of amides is 2. The van der Waals surface area contributed by atoms with E-state index in [1.165, 1.54) is 16.0 Å². The van der Waals surface area contributed by atoms with Gasteiger partial charge in [-0.2, -0.15) is 5.10 Å². The summed E-state index contributed by atoms with van der Waals surface area (Å²) in [6.45, 7) is 3.17. The highest BCUT2D eigenvalue weighted by molar-refractivity contribution is 7.12. The van der Waals surface area contributed by atoms with E-state index in [9.17, 15) is 9.59 Å². The van der Waals surface area contributed by atoms with E-state index in [1.807, 2.05) is 35.7 Å². The van der Waals surface area contributed by atoms with Crippen molar-refractivity contribution in [1.29, 1.82) is 0 Å². The lowest BCUT2D eigenvalue weighted by Gasteiger charge is -2.28. The third kappa shape index (κ3) is 4.47. The maximum atomic E-state index is 12.6. The van der Waals surface area contributed by atoms with E-state index >= 15 is 0 Å². The number of aryl methyl sites for hydroxylation is 1. The van der Waals surface area contributed by atoms with Crippen molar-refractivity contribution in [2.45, 2.75) is 0 Å². The fourth-order valence-electron chi connectivity index (χ4n) is 3.05. The standard InChI is InChI=1S/C20H21N5O3S/c1-24-18(22-20(27)17-3-2-12-29-17)13-16(23-24)19(26)21-14-4-6-15(7-5-14)25-8-10-28-11-9-25/h2-7,12-13H,8-11H2,1H3,(H,21,26)(H,22,27). The number of hydrogen-bond acceptors (Lipinski definition) is 6. The van der Waals surface area contributed by atoms with Gasteiger partial charge in [-0.1, -0.05) is 6.07 Å². The largest absolute Gasteiger partial charge is 0.378 e. The van der Waals surface area contributed by atoms with Crippen LogP contribution in [0.25, 0.3) is 0 Å². The molecule has 29 heavy (non-hydrogen) atoms. The van der Waals surface area contributed by atoms with E-state index in [2.05, 4.69) is 20.6 Å². The topological polar surface area (TPSA) is 88.5 Å². The Kier molecular flexibility index (Phi) is 5.59. The molecular formula is C20H21N5O3S. The highest BCUT2D eigenvalue weighted by Crippen LogP contribution is 2.20. The zero-order chi connectivity index (χ0) is 20.2. The average molecular weight is 411 g/mol. The Morgan fingerprint density at radius 2 is 1.83 bits per heavy atom. The second kappa shape index (κ2) is 8.46. The van der Waals surface area contributed by atoms with Crippen LogP contribution >= 0.6 is 11.3 Å². The van der Waals surface area contributed by atoms with Crippen molar-refractivity contribution in [1.82, 2.24) is 9.78 Å². The first kappa shape index (κ1) is 19.2. The molecule has 0 saturated carbocycles. The van der Waals surface area contributed by atoms with Crippen LogP contribution in [0.5, 0.6) is 0 Å². The van der Waals surface area contributed by atoms with Crippen molar-refractivity contribution in [3.8, 4) is 0 Å². The molecule has 1 aliphatic rings. The van der Waals surface area contributed by atoms with Crippen LogP contribution in [0.3, 0.4) is 0 Å². The minimum absolute atomic E-state index is 0.228. The summed E-state index contributed by atoms with van der Waals surface area (Å²) >= 11 is 1.35. The Morgan fingerprint density at radius 3 is 2.52 bits per heavy atom. The molecule has 0 aliphatic carbocycles. The molecule has 4 rings (SSSR count). The molecule has 0 unspecified atom stereocenters. The fraction of sp³-hybridized carbons (Fsp3) is 0.250. The van der Waals surface area contributed by atoms with E-state index in [-0.39, 0.29) is 17.5 Å². The SMILES string of the molecule is Cn1nc(C(=O)Nc2ccc(N3CCOCC3)cc2)cc1NC(=O)c1cccs1. The first-order chi connectivity index (χ1) is 14.1. The van der Waals surface area contributed by atoms with Crippen LogP contribution in [0.15, 0.2) is 47.8 Å². The number of anilines is 3. The summed E-state index contributed by atoms with van der Waals surface area (Å²) in [6.07, 6.45) is 0. The Labute approximate surface area is 172 Å². The number of rotatable bonds is 5. The normalized spacial score (nSPS) is 13.9. The van der Waals surface area contributed by atoms with Gasteiger partial charge in [-0.3, -0.25) is 14.3 Å². The first-order valence-electron chi connectivity index (χ1n) is 9.23. The average Bonchev–Trinajstić information content (AvgIpc) is 3.40. The third-order valence-electron chi connectivity index (χ3n) is 4.60. The smallest absolute Gasteiger partial charge is 0.276 e. The summed E-state index contributed by atoms with van der Waals surface area (Å²) in [6, 6.07) is 12.8. The Hall–Kier alpha value is -3.17. The van der Waals surface area contributed by atoms with Gasteiger partial charge in [-0.15, -0.1) is 11.3 Å². The van der Waals surface area contributed by atoms with Gasteiger partial charge in [0.15, 0.2) is 5.69 Å². The molecular weight excluding hydrogens is 390 g/mol. The van der Waals surface area contributed by atoms with Crippen molar-refractivity contribution in [2.75, 3.05) is 41.8 Å². The zero-order valence-corrected chi connectivity index (χ0v) is 16.7. The maximum absolute atomic E-state index is 12.6. The summed E-state index contributed by atoms with van der Waals surface area (Å²) in [5.41, 5.74) is 2.01. The van der Waals surface area contributed by atoms with Crippen molar-refractivity contribution >= 4 is 40.3 Å².